The summed E-state index contributed by atoms with van der Waals surface area (Å²) in [5.41, 5.74) is 7.20. The second-order valence-corrected chi connectivity index (χ2v) is 11.1. The Bertz CT molecular complexity index is 1670. The predicted molar refractivity (Wildman–Crippen MR) is 157 cm³/mol. The minimum atomic E-state index is -1.18. The molecule has 0 unspecified atom stereocenters. The first-order valence-electron chi connectivity index (χ1n) is 13.2. The number of allylic oxidation sites excluding steroid dienone is 2. The van der Waals surface area contributed by atoms with E-state index < -0.39 is 17.7 Å². The van der Waals surface area contributed by atoms with Crippen molar-refractivity contribution < 1.29 is 19.4 Å². The van der Waals surface area contributed by atoms with Crippen LogP contribution in [0, 0.1) is 19.3 Å². The summed E-state index contributed by atoms with van der Waals surface area (Å²) in [6.07, 6.45) is 4.72. The van der Waals surface area contributed by atoms with Crippen molar-refractivity contribution >= 4 is 39.4 Å². The van der Waals surface area contributed by atoms with E-state index in [1.54, 1.807) is 0 Å². The number of benzene rings is 3. The van der Waals surface area contributed by atoms with E-state index in [-0.39, 0.29) is 0 Å². The van der Waals surface area contributed by atoms with Gasteiger partial charge in [0.15, 0.2) is 6.10 Å². The van der Waals surface area contributed by atoms with Crippen molar-refractivity contribution in [3.63, 3.8) is 0 Å². The van der Waals surface area contributed by atoms with Gasteiger partial charge in [0.05, 0.1) is 17.7 Å². The minimum absolute atomic E-state index is 0.618. The third-order valence-electron chi connectivity index (χ3n) is 7.41. The normalized spacial score (nSPS) is 14.4. The van der Waals surface area contributed by atoms with Crippen LogP contribution in [0.3, 0.4) is 0 Å². The second-order valence-electron chi connectivity index (χ2n) is 11.1. The Morgan fingerprint density at radius 2 is 1.92 bits per heavy atom. The highest BCUT2D eigenvalue weighted by molar-refractivity contribution is 6.13. The summed E-state index contributed by atoms with van der Waals surface area (Å²) in [6.45, 7) is 12.1. The number of aliphatic carboxylic acids is 1. The average Bonchev–Trinajstić information content (AvgIpc) is 2.89. The van der Waals surface area contributed by atoms with Crippen molar-refractivity contribution in [3.05, 3.63) is 76.5 Å². The van der Waals surface area contributed by atoms with Crippen molar-refractivity contribution in [3.8, 4) is 16.9 Å². The Morgan fingerprint density at radius 1 is 1.15 bits per heavy atom. The van der Waals surface area contributed by atoms with Gasteiger partial charge in [-0.25, -0.2) is 4.79 Å². The molecule has 6 nitrogen and oxygen atoms in total. The van der Waals surface area contributed by atoms with Gasteiger partial charge >= 0.3 is 5.97 Å². The topological polar surface area (TPSA) is 92.5 Å². The molecule has 5 rings (SSSR count). The fraction of sp³-hybridized carbons (Fsp3) is 0.303. The van der Waals surface area contributed by atoms with Gasteiger partial charge in [-0.1, -0.05) is 24.3 Å². The highest BCUT2D eigenvalue weighted by Gasteiger charge is 2.33. The van der Waals surface area contributed by atoms with Crippen LogP contribution in [0.4, 0.5) is 0 Å². The van der Waals surface area contributed by atoms with Crippen molar-refractivity contribution in [2.45, 2.75) is 59.7 Å². The zero-order valence-electron chi connectivity index (χ0n) is 23.3. The molecule has 200 valence electrons. The molecular weight excluding hydrogens is 488 g/mol. The van der Waals surface area contributed by atoms with Crippen molar-refractivity contribution in [2.24, 2.45) is 0 Å². The largest absolute Gasteiger partial charge is 0.493 e. The van der Waals surface area contributed by atoms with Crippen LogP contribution in [0.5, 0.6) is 5.75 Å². The summed E-state index contributed by atoms with van der Waals surface area (Å²) >= 11 is 0. The van der Waals surface area contributed by atoms with Gasteiger partial charge in [0.25, 0.3) is 0 Å². The van der Waals surface area contributed by atoms with Gasteiger partial charge in [0.2, 0.25) is 0 Å². The Kier molecular flexibility index (Phi) is 6.77. The first-order valence-corrected chi connectivity index (χ1v) is 13.2. The lowest BCUT2D eigenvalue weighted by Crippen LogP contribution is -2.28. The summed E-state index contributed by atoms with van der Waals surface area (Å²) in [6, 6.07) is 12.1. The highest BCUT2D eigenvalue weighted by atomic mass is 16.5. The molecule has 0 saturated heterocycles. The maximum absolute atomic E-state index is 12.8. The van der Waals surface area contributed by atoms with E-state index >= 15 is 0 Å². The molecule has 1 atom stereocenters. The molecular formula is C33H34N2O4. The summed E-state index contributed by atoms with van der Waals surface area (Å²) in [5.74, 6) is -0.245. The number of pyridine rings is 1. The maximum atomic E-state index is 12.8. The quantitative estimate of drug-likeness (QED) is 0.254. The van der Waals surface area contributed by atoms with Crippen LogP contribution in [0.2, 0.25) is 0 Å². The standard InChI is InChI=1S/C33H34N2O4/c1-7-20(17-34)22-8-9-23-25(19(22)3)16-18(2)27(31(32(36)37)39-33(4,5)6)29(23)24-10-11-26-28-21(13-15-38-26)12-14-35-30(24)28/h7-12,14,16-17,31,34H,13,15H2,1-6H3,(H,36,37)/b20-7+,34-17?/t31-/m0/s1. The molecule has 0 saturated carbocycles. The van der Waals surface area contributed by atoms with Crippen molar-refractivity contribution in [2.75, 3.05) is 6.61 Å². The predicted octanol–water partition coefficient (Wildman–Crippen LogP) is 7.60. The number of fused-ring (bicyclic) bond motifs is 1. The van der Waals surface area contributed by atoms with Gasteiger partial charge < -0.3 is 20.0 Å². The lowest BCUT2D eigenvalue weighted by atomic mass is 9.83. The Balaban J connectivity index is 1.95. The smallest absolute Gasteiger partial charge is 0.337 e. The molecule has 4 aromatic rings. The van der Waals surface area contributed by atoms with E-state index in [1.165, 1.54) is 11.8 Å². The number of rotatable bonds is 6. The molecule has 0 spiro atoms. The van der Waals surface area contributed by atoms with Crippen LogP contribution < -0.4 is 4.74 Å². The number of carboxylic acid groups (broad SMARTS) is 1. The average molecular weight is 523 g/mol. The number of aryl methyl sites for hydroxylation is 2. The monoisotopic (exact) mass is 522 g/mol. The SMILES string of the molecule is C/C=C(\C=N)c1ccc2c(-c3ccc4c5c(ccnc35)CCO4)c([C@H](OC(C)(C)C)C(=O)O)c(C)cc2c1C. The summed E-state index contributed by atoms with van der Waals surface area (Å²) in [4.78, 5) is 17.6. The summed E-state index contributed by atoms with van der Waals surface area (Å²) in [5, 5.41) is 21.2. The molecule has 0 aliphatic carbocycles. The van der Waals surface area contributed by atoms with Gasteiger partial charge in [0, 0.05) is 35.3 Å². The van der Waals surface area contributed by atoms with E-state index in [0.717, 1.165) is 67.2 Å². The second kappa shape index (κ2) is 9.93. The van der Waals surface area contributed by atoms with E-state index in [9.17, 15) is 9.90 Å². The number of carbonyl (C=O) groups is 1. The number of ether oxygens (including phenoxy) is 2. The molecule has 39 heavy (non-hydrogen) atoms. The van der Waals surface area contributed by atoms with Gasteiger partial charge in [-0.3, -0.25) is 4.98 Å². The fourth-order valence-corrected chi connectivity index (χ4v) is 5.72. The molecule has 3 aromatic carbocycles. The van der Waals surface area contributed by atoms with Gasteiger partial charge in [0.1, 0.15) is 5.75 Å². The number of hydrogen-bond acceptors (Lipinski definition) is 5. The molecule has 1 aromatic heterocycles. The maximum Gasteiger partial charge on any atom is 0.337 e. The minimum Gasteiger partial charge on any atom is -0.493 e. The highest BCUT2D eigenvalue weighted by Crippen LogP contribution is 2.46. The van der Waals surface area contributed by atoms with Crippen LogP contribution in [0.25, 0.3) is 38.4 Å². The zero-order valence-corrected chi connectivity index (χ0v) is 23.3. The molecule has 2 N–H and O–H groups in total. The summed E-state index contributed by atoms with van der Waals surface area (Å²) < 4.78 is 12.2. The van der Waals surface area contributed by atoms with Gasteiger partial charge in [-0.05, 0) is 104 Å². The van der Waals surface area contributed by atoms with E-state index in [2.05, 4.69) is 6.92 Å². The number of hydrogen-bond donors (Lipinski definition) is 2. The van der Waals surface area contributed by atoms with Gasteiger partial charge in [-0.2, -0.15) is 0 Å². The van der Waals surface area contributed by atoms with Crippen LogP contribution in [0.15, 0.2) is 48.7 Å². The van der Waals surface area contributed by atoms with Crippen molar-refractivity contribution in [1.29, 1.82) is 5.41 Å². The number of carboxylic acids is 1. The van der Waals surface area contributed by atoms with Gasteiger partial charge in [-0.15, -0.1) is 0 Å². The van der Waals surface area contributed by atoms with E-state index in [0.29, 0.717) is 12.2 Å². The zero-order chi connectivity index (χ0) is 28.1. The molecule has 1 aliphatic rings. The lowest BCUT2D eigenvalue weighted by molar-refractivity contribution is -0.160. The molecule has 0 amide bonds. The van der Waals surface area contributed by atoms with Crippen LogP contribution in [-0.4, -0.2) is 34.5 Å². The third-order valence-corrected chi connectivity index (χ3v) is 7.41. The first-order chi connectivity index (χ1) is 18.6. The molecule has 6 heteroatoms. The molecule has 0 bridgehead atoms. The number of nitrogens with zero attached hydrogens (tertiary/aromatic N) is 1. The number of aromatic nitrogens is 1. The first kappa shape index (κ1) is 26.6. The van der Waals surface area contributed by atoms with Crippen molar-refractivity contribution in [1.82, 2.24) is 4.98 Å². The van der Waals surface area contributed by atoms with Crippen LogP contribution >= 0.6 is 0 Å². The Hall–Kier alpha value is -4.03. The lowest BCUT2D eigenvalue weighted by Gasteiger charge is -2.29. The Morgan fingerprint density at radius 3 is 2.59 bits per heavy atom. The number of nitrogens with one attached hydrogen (secondary N) is 1. The van der Waals surface area contributed by atoms with Crippen LogP contribution in [0.1, 0.15) is 61.6 Å². The van der Waals surface area contributed by atoms with E-state index in [1.807, 2.05) is 83.3 Å². The molecule has 1 aliphatic heterocycles. The third kappa shape index (κ3) is 4.59. The van der Waals surface area contributed by atoms with Crippen LogP contribution in [-0.2, 0) is 16.0 Å². The summed E-state index contributed by atoms with van der Waals surface area (Å²) in [7, 11) is 0. The molecule has 2 heterocycles. The molecule has 0 fully saturated rings. The van der Waals surface area contributed by atoms with E-state index in [4.69, 9.17) is 19.9 Å². The Labute approximate surface area is 228 Å². The fourth-order valence-electron chi connectivity index (χ4n) is 5.72. The molecule has 0 radical (unpaired) electrons.